The number of rotatable bonds is 5. The van der Waals surface area contributed by atoms with Crippen LogP contribution in [-0.2, 0) is 7.05 Å². The molecule has 7 heteroatoms. The fourth-order valence-corrected chi connectivity index (χ4v) is 4.75. The number of nitrogens with zero attached hydrogens (tertiary/aromatic N) is 3. The Morgan fingerprint density at radius 2 is 1.63 bits per heavy atom. The molecule has 2 heterocycles. The maximum Gasteiger partial charge on any atom is 0.320 e. The molecule has 7 nitrogen and oxygen atoms in total. The van der Waals surface area contributed by atoms with E-state index in [0.29, 0.717) is 11.3 Å². The van der Waals surface area contributed by atoms with Gasteiger partial charge < -0.3 is 20.1 Å². The van der Waals surface area contributed by atoms with Crippen molar-refractivity contribution in [3.05, 3.63) is 95.3 Å². The molecular formula is C28H29N5O2. The van der Waals surface area contributed by atoms with Gasteiger partial charge in [-0.3, -0.25) is 4.79 Å². The first-order valence-electron chi connectivity index (χ1n) is 12.0. The zero-order valence-corrected chi connectivity index (χ0v) is 20.0. The molecule has 1 aliphatic heterocycles. The number of likely N-dealkylation sites (tertiary alicyclic amines) is 1. The third kappa shape index (κ3) is 4.49. The summed E-state index contributed by atoms with van der Waals surface area (Å²) in [4.78, 5) is 33.2. The van der Waals surface area contributed by atoms with E-state index in [2.05, 4.69) is 10.6 Å². The maximum atomic E-state index is 13.4. The normalized spacial score (nSPS) is 14.2. The van der Waals surface area contributed by atoms with Crippen LogP contribution in [0.1, 0.15) is 46.2 Å². The number of amides is 3. The van der Waals surface area contributed by atoms with Crippen molar-refractivity contribution < 1.29 is 9.59 Å². The van der Waals surface area contributed by atoms with Crippen LogP contribution >= 0.6 is 0 Å². The van der Waals surface area contributed by atoms with Crippen molar-refractivity contribution in [1.29, 1.82) is 0 Å². The second kappa shape index (κ2) is 9.62. The Labute approximate surface area is 204 Å². The molecule has 1 unspecified atom stereocenters. The van der Waals surface area contributed by atoms with Crippen LogP contribution in [0.2, 0.25) is 0 Å². The van der Waals surface area contributed by atoms with Gasteiger partial charge in [0.25, 0.3) is 5.91 Å². The number of fused-ring (bicyclic) bond motifs is 1. The van der Waals surface area contributed by atoms with Crippen LogP contribution in [0.25, 0.3) is 11.0 Å². The number of carbonyl (C=O) groups excluding carboxylic acids is 2. The minimum Gasteiger partial charge on any atom is -0.339 e. The number of para-hydroxylation sites is 3. The number of hydrogen-bond donors (Lipinski definition) is 2. The first-order chi connectivity index (χ1) is 17.0. The Bertz CT molecular complexity index is 1370. The lowest BCUT2D eigenvalue weighted by Gasteiger charge is -2.22. The predicted octanol–water partition coefficient (Wildman–Crippen LogP) is 5.03. The van der Waals surface area contributed by atoms with Gasteiger partial charge in [-0.05, 0) is 49.1 Å². The van der Waals surface area contributed by atoms with Gasteiger partial charge in [0.05, 0.1) is 22.3 Å². The molecular weight excluding hydrogens is 438 g/mol. The first-order valence-corrected chi connectivity index (χ1v) is 12.0. The van der Waals surface area contributed by atoms with Crippen molar-refractivity contribution in [2.24, 2.45) is 7.05 Å². The summed E-state index contributed by atoms with van der Waals surface area (Å²) in [6.45, 7) is 3.40. The summed E-state index contributed by atoms with van der Waals surface area (Å²) in [7, 11) is 1.95. The minimum absolute atomic E-state index is 0.0449. The molecule has 1 fully saturated rings. The zero-order valence-electron chi connectivity index (χ0n) is 20.0. The van der Waals surface area contributed by atoms with E-state index in [-0.39, 0.29) is 5.91 Å². The SMILES string of the molecule is Cc1cccc(C(=O)N2CCCC2)c1NC(=O)NC(c1ccccc1)c1nc2ccccc2n1C. The Balaban J connectivity index is 1.46. The van der Waals surface area contributed by atoms with E-state index < -0.39 is 12.1 Å². The van der Waals surface area contributed by atoms with Crippen LogP contribution in [0.5, 0.6) is 0 Å². The number of carbonyl (C=O) groups is 2. The van der Waals surface area contributed by atoms with Crippen molar-refractivity contribution in [2.75, 3.05) is 18.4 Å². The van der Waals surface area contributed by atoms with E-state index in [0.717, 1.165) is 53.9 Å². The van der Waals surface area contributed by atoms with Gasteiger partial charge >= 0.3 is 6.03 Å². The van der Waals surface area contributed by atoms with Crippen LogP contribution in [0.3, 0.4) is 0 Å². The number of anilines is 1. The number of benzene rings is 3. The van der Waals surface area contributed by atoms with E-state index in [1.165, 1.54) is 0 Å². The maximum absolute atomic E-state index is 13.4. The molecule has 2 N–H and O–H groups in total. The van der Waals surface area contributed by atoms with E-state index in [1.807, 2.05) is 90.2 Å². The number of aryl methyl sites for hydroxylation is 2. The van der Waals surface area contributed by atoms with Crippen LogP contribution in [-0.4, -0.2) is 39.5 Å². The molecule has 1 saturated heterocycles. The van der Waals surface area contributed by atoms with Crippen LogP contribution in [0.15, 0.2) is 72.8 Å². The van der Waals surface area contributed by atoms with Gasteiger partial charge in [-0.25, -0.2) is 9.78 Å². The average molecular weight is 468 g/mol. The lowest BCUT2D eigenvalue weighted by Crippen LogP contribution is -2.36. The molecule has 5 rings (SSSR count). The van der Waals surface area contributed by atoms with Crippen LogP contribution < -0.4 is 10.6 Å². The molecule has 4 aromatic rings. The molecule has 3 amide bonds. The summed E-state index contributed by atoms with van der Waals surface area (Å²) in [6.07, 6.45) is 2.02. The molecule has 0 bridgehead atoms. The fraction of sp³-hybridized carbons (Fsp3) is 0.250. The van der Waals surface area contributed by atoms with Crippen molar-refractivity contribution in [2.45, 2.75) is 25.8 Å². The van der Waals surface area contributed by atoms with E-state index in [4.69, 9.17) is 4.98 Å². The molecule has 0 saturated carbocycles. The van der Waals surface area contributed by atoms with Gasteiger partial charge in [-0.1, -0.05) is 54.6 Å². The molecule has 3 aromatic carbocycles. The van der Waals surface area contributed by atoms with Crippen molar-refractivity contribution in [3.63, 3.8) is 0 Å². The molecule has 35 heavy (non-hydrogen) atoms. The highest BCUT2D eigenvalue weighted by Crippen LogP contribution is 2.27. The monoisotopic (exact) mass is 467 g/mol. The van der Waals surface area contributed by atoms with Gasteiger partial charge in [-0.15, -0.1) is 0 Å². The highest BCUT2D eigenvalue weighted by molar-refractivity contribution is 6.04. The Hall–Kier alpha value is -4.13. The largest absolute Gasteiger partial charge is 0.339 e. The molecule has 178 valence electrons. The lowest BCUT2D eigenvalue weighted by atomic mass is 10.1. The Kier molecular flexibility index (Phi) is 6.23. The lowest BCUT2D eigenvalue weighted by molar-refractivity contribution is 0.0793. The smallest absolute Gasteiger partial charge is 0.320 e. The van der Waals surface area contributed by atoms with Crippen LogP contribution in [0.4, 0.5) is 10.5 Å². The van der Waals surface area contributed by atoms with Gasteiger partial charge in [0.15, 0.2) is 0 Å². The molecule has 1 aromatic heterocycles. The van der Waals surface area contributed by atoms with Gasteiger partial charge in [0.2, 0.25) is 0 Å². The summed E-state index contributed by atoms with van der Waals surface area (Å²) < 4.78 is 2.00. The predicted molar refractivity (Wildman–Crippen MR) is 137 cm³/mol. The summed E-state index contributed by atoms with van der Waals surface area (Å²) in [5.41, 5.74) is 4.66. The molecule has 0 spiro atoms. The molecule has 1 atom stereocenters. The summed E-state index contributed by atoms with van der Waals surface area (Å²) in [6, 6.07) is 22.3. The zero-order chi connectivity index (χ0) is 24.4. The number of nitrogens with one attached hydrogen (secondary N) is 2. The summed E-state index contributed by atoms with van der Waals surface area (Å²) in [5, 5.41) is 6.08. The summed E-state index contributed by atoms with van der Waals surface area (Å²) in [5.74, 6) is 0.683. The number of imidazole rings is 1. The topological polar surface area (TPSA) is 79.3 Å². The van der Waals surface area contributed by atoms with Gasteiger partial charge in [0.1, 0.15) is 11.9 Å². The fourth-order valence-electron chi connectivity index (χ4n) is 4.75. The molecule has 1 aliphatic rings. The first kappa shape index (κ1) is 22.7. The average Bonchev–Trinajstić information content (AvgIpc) is 3.53. The molecule has 0 radical (unpaired) electrons. The standard InChI is InChI=1S/C28H29N5O2/c1-19-11-10-14-21(27(34)33-17-8-9-18-33)24(19)30-28(35)31-25(20-12-4-3-5-13-20)26-29-22-15-6-7-16-23(22)32(26)2/h3-7,10-16,25H,8-9,17-18H2,1-2H3,(H2,30,31,35). The van der Waals surface area contributed by atoms with Crippen LogP contribution in [0, 0.1) is 6.92 Å². The van der Waals surface area contributed by atoms with E-state index in [1.54, 1.807) is 6.07 Å². The molecule has 0 aliphatic carbocycles. The van der Waals surface area contributed by atoms with Crippen molar-refractivity contribution in [1.82, 2.24) is 19.8 Å². The van der Waals surface area contributed by atoms with Crippen molar-refractivity contribution in [3.8, 4) is 0 Å². The number of hydrogen-bond acceptors (Lipinski definition) is 3. The highest BCUT2D eigenvalue weighted by atomic mass is 16.2. The van der Waals surface area contributed by atoms with E-state index >= 15 is 0 Å². The van der Waals surface area contributed by atoms with E-state index in [9.17, 15) is 9.59 Å². The summed E-state index contributed by atoms with van der Waals surface area (Å²) >= 11 is 0. The number of urea groups is 1. The number of aromatic nitrogens is 2. The highest BCUT2D eigenvalue weighted by Gasteiger charge is 2.26. The minimum atomic E-state index is -0.477. The second-order valence-corrected chi connectivity index (χ2v) is 8.96. The van der Waals surface area contributed by atoms with Gasteiger partial charge in [0, 0.05) is 20.1 Å². The quantitative estimate of drug-likeness (QED) is 0.432. The van der Waals surface area contributed by atoms with Crippen molar-refractivity contribution >= 4 is 28.7 Å². The van der Waals surface area contributed by atoms with Gasteiger partial charge in [-0.2, -0.15) is 0 Å². The third-order valence-electron chi connectivity index (χ3n) is 6.62. The Morgan fingerprint density at radius 1 is 0.914 bits per heavy atom. The third-order valence-corrected chi connectivity index (χ3v) is 6.62. The Morgan fingerprint density at radius 3 is 2.37 bits per heavy atom. The second-order valence-electron chi connectivity index (χ2n) is 8.96.